The van der Waals surface area contributed by atoms with E-state index < -0.39 is 58.1 Å². The van der Waals surface area contributed by atoms with Crippen LogP contribution in [0, 0.1) is 24.2 Å². The lowest BCUT2D eigenvalue weighted by Gasteiger charge is -2.34. The highest BCUT2D eigenvalue weighted by Crippen LogP contribution is 2.43. The third-order valence-electron chi connectivity index (χ3n) is 8.98. The Morgan fingerprint density at radius 2 is 1.88 bits per heavy atom. The zero-order chi connectivity index (χ0) is 31.9. The number of fused-ring (bicyclic) bond motifs is 1. The number of thiazole rings is 1. The molecule has 11 nitrogen and oxygen atoms in total. The van der Waals surface area contributed by atoms with Crippen LogP contribution in [0.5, 0.6) is 0 Å². The SMILES string of the molecule is CC(=Cc1csc(C)n1)C1C[C@H]2[C@@H](CCC[C@H](C)[C@H](O)[C@@H](C)C(=O)C(C)(C)[C@@H](O)CC(=O)O1)N2S(=O)(=O)c1cn(C)cn1. The van der Waals surface area contributed by atoms with Gasteiger partial charge in [0.25, 0.3) is 10.0 Å². The summed E-state index contributed by atoms with van der Waals surface area (Å²) in [5.74, 6) is -2.04. The lowest BCUT2D eigenvalue weighted by atomic mass is 9.73. The highest BCUT2D eigenvalue weighted by atomic mass is 32.2. The molecule has 2 N–H and O–H groups in total. The summed E-state index contributed by atoms with van der Waals surface area (Å²) in [4.78, 5) is 35.2. The van der Waals surface area contributed by atoms with Gasteiger partial charge in [-0.3, -0.25) is 9.59 Å². The van der Waals surface area contributed by atoms with E-state index in [2.05, 4.69) is 9.97 Å². The van der Waals surface area contributed by atoms with E-state index in [9.17, 15) is 28.2 Å². The fourth-order valence-corrected chi connectivity index (χ4v) is 8.43. The molecule has 13 heteroatoms. The molecule has 238 valence electrons. The first-order valence-corrected chi connectivity index (χ1v) is 17.1. The highest BCUT2D eigenvalue weighted by Gasteiger charge is 2.56. The smallest absolute Gasteiger partial charge is 0.309 e. The Morgan fingerprint density at radius 1 is 1.19 bits per heavy atom. The van der Waals surface area contributed by atoms with Gasteiger partial charge in [-0.05, 0) is 44.3 Å². The molecule has 43 heavy (non-hydrogen) atoms. The van der Waals surface area contributed by atoms with Crippen LogP contribution in [0.15, 0.2) is 28.5 Å². The molecule has 0 spiro atoms. The number of cyclic esters (lactones) is 1. The van der Waals surface area contributed by atoms with E-state index in [1.807, 2.05) is 32.2 Å². The standard InChI is InChI=1S/C30H44N4O7S2/c1-17-9-8-10-22-23(34(22)43(39,40)26-14-33(7)16-31-26)12-24(18(2)11-21-15-42-20(4)32-21)41-27(36)13-25(35)30(5,6)29(38)19(3)28(17)37/h11,14-17,19,22-25,28,35,37H,8-10,12-13H2,1-7H3/t17-,19+,22+,23-,24?,25-,28-,34?/m0/s1. The topological polar surface area (TPSA) is 152 Å². The number of carbonyl (C=O) groups excluding carboxylic acids is 2. The van der Waals surface area contributed by atoms with Crippen molar-refractivity contribution in [1.82, 2.24) is 18.8 Å². The van der Waals surface area contributed by atoms with Crippen molar-refractivity contribution in [2.75, 3.05) is 0 Å². The molecule has 0 radical (unpaired) electrons. The summed E-state index contributed by atoms with van der Waals surface area (Å²) in [6, 6.07) is -0.788. The van der Waals surface area contributed by atoms with E-state index >= 15 is 0 Å². The Labute approximate surface area is 258 Å². The summed E-state index contributed by atoms with van der Waals surface area (Å²) >= 11 is 1.49. The Bertz CT molecular complexity index is 1460. The zero-order valence-corrected chi connectivity index (χ0v) is 27.6. The Kier molecular flexibility index (Phi) is 10.0. The largest absolute Gasteiger partial charge is 0.458 e. The van der Waals surface area contributed by atoms with Crippen LogP contribution in [0.3, 0.4) is 0 Å². The molecule has 4 heterocycles. The van der Waals surface area contributed by atoms with Crippen LogP contribution in [0.4, 0.5) is 0 Å². The quantitative estimate of drug-likeness (QED) is 0.380. The highest BCUT2D eigenvalue weighted by molar-refractivity contribution is 7.89. The van der Waals surface area contributed by atoms with E-state index in [0.29, 0.717) is 30.5 Å². The molecule has 2 unspecified atom stereocenters. The van der Waals surface area contributed by atoms with Crippen LogP contribution in [0.1, 0.15) is 77.4 Å². The normalized spacial score (nSPS) is 33.1. The number of aryl methyl sites for hydroxylation is 2. The number of imidazole rings is 1. The van der Waals surface area contributed by atoms with Gasteiger partial charge in [-0.2, -0.15) is 4.31 Å². The molecule has 2 aliphatic heterocycles. The molecule has 4 rings (SSSR count). The molecule has 2 aliphatic rings. The maximum absolute atomic E-state index is 13.7. The Balaban J connectivity index is 1.69. The van der Waals surface area contributed by atoms with Gasteiger partial charge in [0.05, 0.1) is 41.1 Å². The van der Waals surface area contributed by atoms with Gasteiger partial charge in [-0.15, -0.1) is 11.3 Å². The number of ether oxygens (including phenoxy) is 1. The third-order valence-corrected chi connectivity index (χ3v) is 11.6. The number of hydrogen-bond acceptors (Lipinski definition) is 10. The first kappa shape index (κ1) is 33.4. The molecule has 0 aliphatic carbocycles. The first-order chi connectivity index (χ1) is 20.0. The fraction of sp³-hybridized carbons (Fsp3) is 0.667. The van der Waals surface area contributed by atoms with Crippen LogP contribution >= 0.6 is 11.3 Å². The number of esters is 1. The van der Waals surface area contributed by atoms with Crippen molar-refractivity contribution in [2.45, 2.75) is 109 Å². The molecule has 2 aromatic rings. The number of sulfonamides is 1. The molecule has 2 fully saturated rings. The van der Waals surface area contributed by atoms with Crippen molar-refractivity contribution >= 4 is 39.2 Å². The van der Waals surface area contributed by atoms with Crippen molar-refractivity contribution in [2.24, 2.45) is 24.3 Å². The van der Waals surface area contributed by atoms with Gasteiger partial charge >= 0.3 is 5.97 Å². The predicted octanol–water partition coefficient (Wildman–Crippen LogP) is 3.50. The number of nitrogens with zero attached hydrogens (tertiary/aromatic N) is 4. The van der Waals surface area contributed by atoms with E-state index in [1.54, 1.807) is 32.4 Å². The van der Waals surface area contributed by atoms with Gasteiger partial charge in [0, 0.05) is 43.0 Å². The second-order valence-electron chi connectivity index (χ2n) is 12.7. The maximum Gasteiger partial charge on any atom is 0.309 e. The number of rotatable bonds is 4. The van der Waals surface area contributed by atoms with Gasteiger partial charge in [-0.1, -0.05) is 34.1 Å². The number of aliphatic hydroxyl groups excluding tert-OH is 2. The van der Waals surface area contributed by atoms with E-state index in [1.165, 1.54) is 28.2 Å². The second-order valence-corrected chi connectivity index (χ2v) is 15.6. The molecule has 2 saturated heterocycles. The molecule has 0 bridgehead atoms. The predicted molar refractivity (Wildman–Crippen MR) is 162 cm³/mol. The summed E-state index contributed by atoms with van der Waals surface area (Å²) < 4.78 is 36.3. The number of aliphatic hydroxyl groups is 2. The minimum Gasteiger partial charge on any atom is -0.458 e. The van der Waals surface area contributed by atoms with Crippen molar-refractivity contribution in [1.29, 1.82) is 0 Å². The Hall–Kier alpha value is -2.45. The van der Waals surface area contributed by atoms with E-state index in [0.717, 1.165) is 5.01 Å². The third kappa shape index (κ3) is 7.28. The van der Waals surface area contributed by atoms with Crippen LogP contribution in [0.25, 0.3) is 6.08 Å². The lowest BCUT2D eigenvalue weighted by Crippen LogP contribution is -2.45. The van der Waals surface area contributed by atoms with Gasteiger partial charge in [0.2, 0.25) is 0 Å². The monoisotopic (exact) mass is 636 g/mol. The van der Waals surface area contributed by atoms with Gasteiger partial charge in [-0.25, -0.2) is 18.4 Å². The molecule has 8 atom stereocenters. The van der Waals surface area contributed by atoms with Crippen LogP contribution in [-0.4, -0.2) is 79.6 Å². The number of aromatic nitrogens is 3. The summed E-state index contributed by atoms with van der Waals surface area (Å²) in [5.41, 5.74) is 0.0988. The molecule has 0 amide bonds. The van der Waals surface area contributed by atoms with E-state index in [-0.39, 0.29) is 29.2 Å². The number of hydrogen-bond donors (Lipinski definition) is 2. The van der Waals surface area contributed by atoms with Crippen LogP contribution in [-0.2, 0) is 31.4 Å². The van der Waals surface area contributed by atoms with E-state index in [4.69, 9.17) is 4.74 Å². The van der Waals surface area contributed by atoms with Crippen LogP contribution < -0.4 is 0 Å². The maximum atomic E-state index is 13.7. The molecule has 0 aromatic carbocycles. The van der Waals surface area contributed by atoms with Crippen molar-refractivity contribution < 1.29 is 33.0 Å². The fourth-order valence-electron chi connectivity index (χ4n) is 6.03. The lowest BCUT2D eigenvalue weighted by molar-refractivity contribution is -0.154. The zero-order valence-electron chi connectivity index (χ0n) is 25.9. The van der Waals surface area contributed by atoms with Gasteiger partial charge in [0.1, 0.15) is 11.9 Å². The molecular weight excluding hydrogens is 592 g/mol. The first-order valence-electron chi connectivity index (χ1n) is 14.8. The van der Waals surface area contributed by atoms with Crippen molar-refractivity contribution in [3.63, 3.8) is 0 Å². The molecular formula is C30H44N4O7S2. The number of ketones is 1. The number of carbonyl (C=O) groups is 2. The van der Waals surface area contributed by atoms with Crippen molar-refractivity contribution in [3.8, 4) is 0 Å². The summed E-state index contributed by atoms with van der Waals surface area (Å²) in [6.45, 7) is 10.4. The second kappa shape index (κ2) is 12.9. The average Bonchev–Trinajstić information content (AvgIpc) is 3.19. The average molecular weight is 637 g/mol. The van der Waals surface area contributed by atoms with Crippen LogP contribution in [0.2, 0.25) is 0 Å². The van der Waals surface area contributed by atoms with Gasteiger partial charge < -0.3 is 19.5 Å². The molecule has 0 saturated carbocycles. The van der Waals surface area contributed by atoms with Crippen molar-refractivity contribution in [3.05, 3.63) is 34.2 Å². The minimum absolute atomic E-state index is 0.0476. The number of Topliss-reactive ketones (excluding diaryl/α,β-unsaturated/α-hetero) is 1. The summed E-state index contributed by atoms with van der Waals surface area (Å²) in [5, 5.41) is 24.8. The summed E-state index contributed by atoms with van der Waals surface area (Å²) in [7, 11) is -2.21. The minimum atomic E-state index is -3.91. The summed E-state index contributed by atoms with van der Waals surface area (Å²) in [6.07, 6.45) is 3.17. The Morgan fingerprint density at radius 3 is 2.49 bits per heavy atom. The molecule has 2 aromatic heterocycles. The van der Waals surface area contributed by atoms with Gasteiger partial charge in [0.15, 0.2) is 5.03 Å².